The van der Waals surface area contributed by atoms with E-state index in [4.69, 9.17) is 9.47 Å². The molecule has 158 valence electrons. The summed E-state index contributed by atoms with van der Waals surface area (Å²) in [7, 11) is 0. The lowest BCUT2D eigenvalue weighted by atomic mass is 10.1. The molecule has 0 aliphatic rings. The number of hydrogen-bond acceptors (Lipinski definition) is 6. The first-order valence-electron chi connectivity index (χ1n) is 9.52. The standard InChI is InChI=1S/C20H27FN4O4/c1-7-24(19(27)29-20(4,5)6)13-10-15(21)16(22-11-13)17-14(18(26)28-9-3)12-23-25(17)8-2/h10-12H,7-9H2,1-6H3. The van der Waals surface area contributed by atoms with E-state index >= 15 is 4.39 Å². The molecule has 0 atom stereocenters. The van der Waals surface area contributed by atoms with Gasteiger partial charge in [0, 0.05) is 19.2 Å². The minimum Gasteiger partial charge on any atom is -0.462 e. The molecule has 0 bridgehead atoms. The second kappa shape index (κ2) is 9.02. The van der Waals surface area contributed by atoms with Crippen LogP contribution in [0.4, 0.5) is 14.9 Å². The first-order chi connectivity index (χ1) is 13.6. The quantitative estimate of drug-likeness (QED) is 0.673. The molecule has 8 nitrogen and oxygen atoms in total. The fraction of sp³-hybridized carbons (Fsp3) is 0.500. The number of aryl methyl sites for hydroxylation is 1. The average Bonchev–Trinajstić information content (AvgIpc) is 3.05. The number of carbonyl (C=O) groups excluding carboxylic acids is 2. The Kier molecular flexibility index (Phi) is 6.94. The number of esters is 1. The van der Waals surface area contributed by atoms with Crippen molar-refractivity contribution in [3.05, 3.63) is 29.8 Å². The van der Waals surface area contributed by atoms with Gasteiger partial charge < -0.3 is 9.47 Å². The Morgan fingerprint density at radius 2 is 1.90 bits per heavy atom. The first kappa shape index (κ1) is 22.3. The molecule has 0 saturated heterocycles. The zero-order valence-corrected chi connectivity index (χ0v) is 17.7. The number of amides is 1. The Hall–Kier alpha value is -2.97. The molecular weight excluding hydrogens is 379 g/mol. The highest BCUT2D eigenvalue weighted by atomic mass is 19.1. The van der Waals surface area contributed by atoms with Crippen LogP contribution in [-0.4, -0.2) is 45.6 Å². The molecular formula is C20H27FN4O4. The van der Waals surface area contributed by atoms with Gasteiger partial charge in [-0.15, -0.1) is 0 Å². The number of anilines is 1. The molecule has 2 aromatic rings. The molecule has 0 spiro atoms. The summed E-state index contributed by atoms with van der Waals surface area (Å²) in [5.41, 5.74) is -0.110. The van der Waals surface area contributed by atoms with Crippen molar-refractivity contribution in [2.24, 2.45) is 0 Å². The number of halogens is 1. The van der Waals surface area contributed by atoms with Crippen molar-refractivity contribution in [1.82, 2.24) is 14.8 Å². The first-order valence-corrected chi connectivity index (χ1v) is 9.52. The Morgan fingerprint density at radius 1 is 1.21 bits per heavy atom. The topological polar surface area (TPSA) is 86.5 Å². The van der Waals surface area contributed by atoms with E-state index in [1.165, 1.54) is 28.0 Å². The number of rotatable bonds is 6. The van der Waals surface area contributed by atoms with Gasteiger partial charge in [-0.25, -0.2) is 19.0 Å². The van der Waals surface area contributed by atoms with E-state index in [0.29, 0.717) is 6.54 Å². The predicted octanol–water partition coefficient (Wildman–Crippen LogP) is 4.04. The zero-order chi connectivity index (χ0) is 21.8. The van der Waals surface area contributed by atoms with Crippen molar-refractivity contribution in [2.75, 3.05) is 18.1 Å². The van der Waals surface area contributed by atoms with E-state index in [-0.39, 0.29) is 35.8 Å². The van der Waals surface area contributed by atoms with Gasteiger partial charge in [0.2, 0.25) is 0 Å². The van der Waals surface area contributed by atoms with E-state index in [9.17, 15) is 9.59 Å². The Balaban J connectivity index is 2.45. The largest absolute Gasteiger partial charge is 0.462 e. The van der Waals surface area contributed by atoms with Gasteiger partial charge in [-0.05, 0) is 41.5 Å². The molecule has 0 N–H and O–H groups in total. The molecule has 0 unspecified atom stereocenters. The van der Waals surface area contributed by atoms with E-state index in [1.807, 2.05) is 6.92 Å². The van der Waals surface area contributed by atoms with Gasteiger partial charge >= 0.3 is 12.1 Å². The van der Waals surface area contributed by atoms with E-state index < -0.39 is 23.5 Å². The molecule has 0 aliphatic heterocycles. The van der Waals surface area contributed by atoms with Crippen molar-refractivity contribution >= 4 is 17.7 Å². The number of pyridine rings is 1. The summed E-state index contributed by atoms with van der Waals surface area (Å²) in [6, 6.07) is 1.19. The van der Waals surface area contributed by atoms with Gasteiger partial charge in [-0.1, -0.05) is 0 Å². The molecule has 0 saturated carbocycles. The third-order valence-corrected chi connectivity index (χ3v) is 3.93. The van der Waals surface area contributed by atoms with Crippen LogP contribution in [0.15, 0.2) is 18.5 Å². The maximum Gasteiger partial charge on any atom is 0.414 e. The van der Waals surface area contributed by atoms with Crippen LogP contribution >= 0.6 is 0 Å². The van der Waals surface area contributed by atoms with Crippen molar-refractivity contribution in [3.63, 3.8) is 0 Å². The Bertz CT molecular complexity index is 889. The molecule has 0 fully saturated rings. The number of ether oxygens (including phenoxy) is 2. The minimum atomic E-state index is -0.690. The third kappa shape index (κ3) is 5.10. The molecule has 0 aliphatic carbocycles. The predicted molar refractivity (Wildman–Crippen MR) is 106 cm³/mol. The third-order valence-electron chi connectivity index (χ3n) is 3.93. The van der Waals surface area contributed by atoms with Crippen molar-refractivity contribution < 1.29 is 23.5 Å². The van der Waals surface area contributed by atoms with Crippen molar-refractivity contribution in [3.8, 4) is 11.4 Å². The number of hydrogen-bond donors (Lipinski definition) is 0. The highest BCUT2D eigenvalue weighted by Crippen LogP contribution is 2.28. The van der Waals surface area contributed by atoms with Gasteiger partial charge in [0.1, 0.15) is 22.6 Å². The normalized spacial score (nSPS) is 11.3. The monoisotopic (exact) mass is 406 g/mol. The summed E-state index contributed by atoms with van der Waals surface area (Å²) in [4.78, 5) is 30.1. The van der Waals surface area contributed by atoms with Crippen LogP contribution < -0.4 is 4.90 Å². The lowest BCUT2D eigenvalue weighted by molar-refractivity contribution is 0.0525. The molecule has 1 amide bonds. The lowest BCUT2D eigenvalue weighted by Crippen LogP contribution is -2.36. The zero-order valence-electron chi connectivity index (χ0n) is 17.7. The molecule has 0 radical (unpaired) electrons. The van der Waals surface area contributed by atoms with Crippen LogP contribution in [0.3, 0.4) is 0 Å². The minimum absolute atomic E-state index is 0.0450. The summed E-state index contributed by atoms with van der Waals surface area (Å²) >= 11 is 0. The SMILES string of the molecule is CCOC(=O)c1cnn(CC)c1-c1ncc(N(CC)C(=O)OC(C)(C)C)cc1F. The summed E-state index contributed by atoms with van der Waals surface area (Å²) in [5.74, 6) is -1.29. The lowest BCUT2D eigenvalue weighted by Gasteiger charge is -2.26. The molecule has 0 aromatic carbocycles. The maximum absolute atomic E-state index is 15.0. The van der Waals surface area contributed by atoms with Crippen LogP contribution in [-0.2, 0) is 16.0 Å². The van der Waals surface area contributed by atoms with Crippen LogP contribution in [0.25, 0.3) is 11.4 Å². The summed E-state index contributed by atoms with van der Waals surface area (Å²) in [6.45, 7) is 11.4. The average molecular weight is 406 g/mol. The second-order valence-corrected chi connectivity index (χ2v) is 7.19. The van der Waals surface area contributed by atoms with E-state index in [2.05, 4.69) is 10.1 Å². The van der Waals surface area contributed by atoms with Gasteiger partial charge in [0.15, 0.2) is 5.82 Å². The van der Waals surface area contributed by atoms with E-state index in [0.717, 1.165) is 0 Å². The smallest absolute Gasteiger partial charge is 0.414 e. The molecule has 2 rings (SSSR count). The fourth-order valence-electron chi connectivity index (χ4n) is 2.72. The van der Waals surface area contributed by atoms with Crippen LogP contribution in [0.5, 0.6) is 0 Å². The van der Waals surface area contributed by atoms with Gasteiger partial charge in [0.25, 0.3) is 0 Å². The number of nitrogens with zero attached hydrogens (tertiary/aromatic N) is 4. The Morgan fingerprint density at radius 3 is 2.41 bits per heavy atom. The molecule has 29 heavy (non-hydrogen) atoms. The van der Waals surface area contributed by atoms with Crippen LogP contribution in [0, 0.1) is 5.82 Å². The molecule has 9 heteroatoms. The Labute approximate surface area is 169 Å². The summed E-state index contributed by atoms with van der Waals surface area (Å²) < 4.78 is 26.9. The van der Waals surface area contributed by atoms with Gasteiger partial charge in [0.05, 0.1) is 24.7 Å². The highest BCUT2D eigenvalue weighted by Gasteiger charge is 2.26. The number of carbonyl (C=O) groups is 2. The summed E-state index contributed by atoms with van der Waals surface area (Å²) in [6.07, 6.45) is 2.11. The second-order valence-electron chi connectivity index (χ2n) is 7.19. The fourth-order valence-corrected chi connectivity index (χ4v) is 2.72. The molecule has 2 aromatic heterocycles. The molecule has 2 heterocycles. The summed E-state index contributed by atoms with van der Waals surface area (Å²) in [5, 5.41) is 4.12. The van der Waals surface area contributed by atoms with Gasteiger partial charge in [-0.2, -0.15) is 5.10 Å². The van der Waals surface area contributed by atoms with Crippen molar-refractivity contribution in [2.45, 2.75) is 53.7 Å². The van der Waals surface area contributed by atoms with Crippen LogP contribution in [0.1, 0.15) is 51.9 Å². The van der Waals surface area contributed by atoms with E-state index in [1.54, 1.807) is 34.6 Å². The van der Waals surface area contributed by atoms with Crippen molar-refractivity contribution in [1.29, 1.82) is 0 Å². The van der Waals surface area contributed by atoms with Gasteiger partial charge in [-0.3, -0.25) is 9.58 Å². The maximum atomic E-state index is 15.0. The highest BCUT2D eigenvalue weighted by molar-refractivity contribution is 5.96. The van der Waals surface area contributed by atoms with Crippen LogP contribution in [0.2, 0.25) is 0 Å². The number of aromatic nitrogens is 3.